The van der Waals surface area contributed by atoms with Crippen molar-refractivity contribution in [3.63, 3.8) is 0 Å². The average molecular weight is 591 g/mol. The van der Waals surface area contributed by atoms with Gasteiger partial charge in [0.15, 0.2) is 5.82 Å². The molecule has 3 amide bonds. The van der Waals surface area contributed by atoms with Gasteiger partial charge in [-0.3, -0.25) is 14.4 Å². The molecule has 3 heterocycles. The summed E-state index contributed by atoms with van der Waals surface area (Å²) in [5, 5.41) is 7.07. The Morgan fingerprint density at radius 2 is 1.65 bits per heavy atom. The maximum Gasteiger partial charge on any atom is 0.409 e. The van der Waals surface area contributed by atoms with E-state index >= 15 is 0 Å². The van der Waals surface area contributed by atoms with Crippen LogP contribution in [0.5, 0.6) is 0 Å². The summed E-state index contributed by atoms with van der Waals surface area (Å²) in [5.74, 6) is -0.967. The minimum absolute atomic E-state index is 0.0297. The number of hydrogen-bond acceptors (Lipinski definition) is 8. The summed E-state index contributed by atoms with van der Waals surface area (Å²) >= 11 is 0. The molecule has 1 N–H and O–H groups in total. The van der Waals surface area contributed by atoms with Gasteiger partial charge in [0.05, 0.1) is 6.61 Å². The van der Waals surface area contributed by atoms with Crippen molar-refractivity contribution < 1.29 is 28.7 Å². The fourth-order valence-electron chi connectivity index (χ4n) is 4.64. The fourth-order valence-corrected chi connectivity index (χ4v) is 4.64. The van der Waals surface area contributed by atoms with Gasteiger partial charge < -0.3 is 24.6 Å². The molecule has 1 atom stereocenters. The number of benzene rings is 1. The molecule has 1 aromatic carbocycles. The SMILES string of the molecule is CCOC(=O)N1CCN(C(=O)C(CCC(=O)OC(C)(C)C)NC(=O)c2cc(-c3ccccc3)cc(-n3cccn3)n2)CC1. The second-order valence-corrected chi connectivity index (χ2v) is 11.1. The molecule has 0 spiro atoms. The first-order valence-corrected chi connectivity index (χ1v) is 14.3. The van der Waals surface area contributed by atoms with Crippen molar-refractivity contribution in [3.05, 3.63) is 66.6 Å². The molecule has 12 heteroatoms. The van der Waals surface area contributed by atoms with Gasteiger partial charge in [-0.05, 0) is 63.4 Å². The van der Waals surface area contributed by atoms with Crippen LogP contribution in [0.1, 0.15) is 51.0 Å². The first kappa shape index (κ1) is 31.2. The number of aromatic nitrogens is 3. The van der Waals surface area contributed by atoms with E-state index in [9.17, 15) is 19.2 Å². The number of pyridine rings is 1. The maximum atomic E-state index is 13.7. The van der Waals surface area contributed by atoms with Gasteiger partial charge in [0.2, 0.25) is 5.91 Å². The van der Waals surface area contributed by atoms with Gasteiger partial charge in [-0.25, -0.2) is 14.5 Å². The lowest BCUT2D eigenvalue weighted by Crippen LogP contribution is -2.56. The lowest BCUT2D eigenvalue weighted by molar-refractivity contribution is -0.155. The van der Waals surface area contributed by atoms with Crippen LogP contribution in [-0.2, 0) is 19.1 Å². The molecule has 2 aromatic heterocycles. The Morgan fingerprint density at radius 1 is 0.953 bits per heavy atom. The predicted molar refractivity (Wildman–Crippen MR) is 158 cm³/mol. The van der Waals surface area contributed by atoms with Gasteiger partial charge in [-0.1, -0.05) is 30.3 Å². The third kappa shape index (κ3) is 8.63. The monoisotopic (exact) mass is 590 g/mol. The molecule has 228 valence electrons. The highest BCUT2D eigenvalue weighted by Gasteiger charge is 2.32. The first-order valence-electron chi connectivity index (χ1n) is 14.3. The zero-order valence-corrected chi connectivity index (χ0v) is 25.0. The van der Waals surface area contributed by atoms with Gasteiger partial charge in [0, 0.05) is 45.0 Å². The molecule has 0 radical (unpaired) electrons. The van der Waals surface area contributed by atoms with Crippen LogP contribution in [0.25, 0.3) is 16.9 Å². The highest BCUT2D eigenvalue weighted by Crippen LogP contribution is 2.23. The van der Waals surface area contributed by atoms with E-state index < -0.39 is 29.6 Å². The van der Waals surface area contributed by atoms with Crippen molar-refractivity contribution in [2.24, 2.45) is 0 Å². The van der Waals surface area contributed by atoms with Crippen LogP contribution in [0.15, 0.2) is 60.9 Å². The Morgan fingerprint density at radius 3 is 2.28 bits per heavy atom. The molecule has 0 saturated carbocycles. The van der Waals surface area contributed by atoms with Crippen LogP contribution >= 0.6 is 0 Å². The fraction of sp³-hybridized carbons (Fsp3) is 0.419. The third-order valence-electron chi connectivity index (χ3n) is 6.67. The van der Waals surface area contributed by atoms with E-state index in [0.717, 1.165) is 11.1 Å². The van der Waals surface area contributed by atoms with Crippen molar-refractivity contribution in [2.75, 3.05) is 32.8 Å². The molecule has 1 saturated heterocycles. The standard InChI is InChI=1S/C31H38N6O6/c1-5-42-30(41)36-18-16-35(17-19-36)29(40)24(12-13-27(38)43-31(2,3)4)34-28(39)25-20-23(22-10-7-6-8-11-22)21-26(33-25)37-15-9-14-32-37/h6-11,14-15,20-21,24H,5,12-13,16-19H2,1-4H3,(H,34,39). The molecule has 3 aromatic rings. The quantitative estimate of drug-likeness (QED) is 0.375. The Hall–Kier alpha value is -4.74. The number of ether oxygens (including phenoxy) is 2. The van der Waals surface area contributed by atoms with E-state index in [1.807, 2.05) is 36.4 Å². The van der Waals surface area contributed by atoms with Crippen LogP contribution in [-0.4, -0.2) is 92.9 Å². The lowest BCUT2D eigenvalue weighted by atomic mass is 10.0. The van der Waals surface area contributed by atoms with E-state index in [-0.39, 0.29) is 44.1 Å². The topological polar surface area (TPSA) is 136 Å². The smallest absolute Gasteiger partial charge is 0.409 e. The number of amides is 3. The summed E-state index contributed by atoms with van der Waals surface area (Å²) in [6.07, 6.45) is 2.86. The Labute approximate surface area is 251 Å². The molecular formula is C31H38N6O6. The number of carbonyl (C=O) groups excluding carboxylic acids is 4. The van der Waals surface area contributed by atoms with Crippen molar-refractivity contribution in [2.45, 2.75) is 52.2 Å². The summed E-state index contributed by atoms with van der Waals surface area (Å²) in [5.41, 5.74) is 1.03. The largest absolute Gasteiger partial charge is 0.460 e. The predicted octanol–water partition coefficient (Wildman–Crippen LogP) is 3.46. The number of esters is 1. The molecule has 0 aliphatic carbocycles. The van der Waals surface area contributed by atoms with Crippen LogP contribution in [0.2, 0.25) is 0 Å². The highest BCUT2D eigenvalue weighted by molar-refractivity contribution is 5.97. The molecule has 1 aliphatic heterocycles. The number of nitrogens with one attached hydrogen (secondary N) is 1. The number of hydrogen-bond donors (Lipinski definition) is 1. The van der Waals surface area contributed by atoms with Gasteiger partial charge in [-0.2, -0.15) is 5.10 Å². The summed E-state index contributed by atoms with van der Waals surface area (Å²) in [4.78, 5) is 59.7. The number of piperazine rings is 1. The van der Waals surface area contributed by atoms with Crippen molar-refractivity contribution in [3.8, 4) is 16.9 Å². The Bertz CT molecular complexity index is 1410. The van der Waals surface area contributed by atoms with Crippen LogP contribution < -0.4 is 5.32 Å². The summed E-state index contributed by atoms with van der Waals surface area (Å²) in [6, 6.07) is 13.8. The molecular weight excluding hydrogens is 552 g/mol. The van der Waals surface area contributed by atoms with Gasteiger partial charge in [-0.15, -0.1) is 0 Å². The third-order valence-corrected chi connectivity index (χ3v) is 6.67. The van der Waals surface area contributed by atoms with Crippen LogP contribution in [0.3, 0.4) is 0 Å². The molecule has 1 aliphatic rings. The Balaban J connectivity index is 1.56. The average Bonchev–Trinajstić information content (AvgIpc) is 3.54. The lowest BCUT2D eigenvalue weighted by Gasteiger charge is -2.36. The molecule has 4 rings (SSSR count). The molecule has 12 nitrogen and oxygen atoms in total. The van der Waals surface area contributed by atoms with Crippen molar-refractivity contribution >= 4 is 23.9 Å². The van der Waals surface area contributed by atoms with Crippen LogP contribution in [0.4, 0.5) is 4.79 Å². The zero-order chi connectivity index (χ0) is 31.0. The minimum Gasteiger partial charge on any atom is -0.460 e. The summed E-state index contributed by atoms with van der Waals surface area (Å²) in [7, 11) is 0. The van der Waals surface area contributed by atoms with E-state index in [1.165, 1.54) is 4.90 Å². The van der Waals surface area contributed by atoms with Gasteiger partial charge >= 0.3 is 12.1 Å². The second-order valence-electron chi connectivity index (χ2n) is 11.1. The molecule has 1 unspecified atom stereocenters. The van der Waals surface area contributed by atoms with E-state index in [2.05, 4.69) is 15.4 Å². The minimum atomic E-state index is -1.02. The highest BCUT2D eigenvalue weighted by atomic mass is 16.6. The molecule has 1 fully saturated rings. The van der Waals surface area contributed by atoms with E-state index in [4.69, 9.17) is 9.47 Å². The van der Waals surface area contributed by atoms with E-state index in [0.29, 0.717) is 18.9 Å². The second kappa shape index (κ2) is 14.0. The summed E-state index contributed by atoms with van der Waals surface area (Å²) < 4.78 is 12.1. The van der Waals surface area contributed by atoms with E-state index in [1.54, 1.807) is 61.8 Å². The molecule has 43 heavy (non-hydrogen) atoms. The number of carbonyl (C=O) groups is 4. The maximum absolute atomic E-state index is 13.7. The van der Waals surface area contributed by atoms with Crippen LogP contribution in [0, 0.1) is 0 Å². The first-order chi connectivity index (χ1) is 20.5. The van der Waals surface area contributed by atoms with Gasteiger partial charge in [0.25, 0.3) is 5.91 Å². The Kier molecular flexibility index (Phi) is 10.1. The van der Waals surface area contributed by atoms with Crippen molar-refractivity contribution in [1.29, 1.82) is 0 Å². The zero-order valence-electron chi connectivity index (χ0n) is 25.0. The molecule has 0 bridgehead atoms. The normalized spacial score (nSPS) is 14.1. The van der Waals surface area contributed by atoms with Crippen molar-refractivity contribution in [1.82, 2.24) is 29.9 Å². The number of nitrogens with zero attached hydrogens (tertiary/aromatic N) is 5. The number of rotatable bonds is 9. The summed E-state index contributed by atoms with van der Waals surface area (Å²) in [6.45, 7) is 8.42. The van der Waals surface area contributed by atoms with Gasteiger partial charge in [0.1, 0.15) is 17.3 Å².